The highest BCUT2D eigenvalue weighted by atomic mass is 17.1. The van der Waals surface area contributed by atoms with Gasteiger partial charge in [-0.1, -0.05) is 47.4 Å². The molecule has 2 aromatic rings. The SMILES string of the molecule is CON([O-])Oc1ccc(-c2ccc(C)cc2)cc1. The lowest BCUT2D eigenvalue weighted by Gasteiger charge is -2.23. The van der Waals surface area contributed by atoms with E-state index < -0.39 is 0 Å². The largest absolute Gasteiger partial charge is 0.728 e. The minimum atomic E-state index is 0.0564. The molecule has 0 saturated heterocycles. The Kier molecular flexibility index (Phi) is 3.94. The molecule has 2 aromatic carbocycles. The molecule has 0 unspecified atom stereocenters. The van der Waals surface area contributed by atoms with Gasteiger partial charge in [-0.25, -0.2) is 0 Å². The first-order valence-corrected chi connectivity index (χ1v) is 5.55. The van der Waals surface area contributed by atoms with Crippen LogP contribution in [0.1, 0.15) is 5.56 Å². The van der Waals surface area contributed by atoms with E-state index >= 15 is 0 Å². The molecular weight excluding hydrogens is 230 g/mol. The van der Waals surface area contributed by atoms with Crippen LogP contribution in [-0.4, -0.2) is 12.5 Å². The Balaban J connectivity index is 2.14. The van der Waals surface area contributed by atoms with E-state index in [1.807, 2.05) is 19.1 Å². The Bertz CT molecular complexity index is 493. The predicted molar refractivity (Wildman–Crippen MR) is 69.5 cm³/mol. The number of hydrogen-bond donors (Lipinski definition) is 0. The first kappa shape index (κ1) is 12.6. The number of benzene rings is 2. The van der Waals surface area contributed by atoms with Gasteiger partial charge < -0.3 is 10.0 Å². The van der Waals surface area contributed by atoms with Crippen LogP contribution in [0, 0.1) is 12.1 Å². The summed E-state index contributed by atoms with van der Waals surface area (Å²) in [5.41, 5.74) is 3.41. The van der Waals surface area contributed by atoms with Crippen LogP contribution < -0.4 is 4.84 Å². The number of aryl methyl sites for hydroxylation is 1. The number of nitrogens with zero attached hydrogens (tertiary/aromatic N) is 1. The summed E-state index contributed by atoms with van der Waals surface area (Å²) in [7, 11) is 1.24. The molecule has 94 valence electrons. The Morgan fingerprint density at radius 1 is 0.889 bits per heavy atom. The number of hydrogen-bond acceptors (Lipinski definition) is 4. The standard InChI is InChI=1S/C14H14NO3/c1-11-3-5-12(6-4-11)13-7-9-14(10-8-13)18-15(16)17-2/h3-10H,1-2H3/q-1. The molecule has 0 bridgehead atoms. The fourth-order valence-electron chi connectivity index (χ4n) is 1.58. The van der Waals surface area contributed by atoms with Crippen LogP contribution in [0.25, 0.3) is 11.1 Å². The maximum absolute atomic E-state index is 10.8. The van der Waals surface area contributed by atoms with Gasteiger partial charge >= 0.3 is 0 Å². The third-order valence-electron chi connectivity index (χ3n) is 2.57. The summed E-state index contributed by atoms with van der Waals surface area (Å²) < 4.78 is 0. The Morgan fingerprint density at radius 2 is 1.39 bits per heavy atom. The van der Waals surface area contributed by atoms with Crippen LogP contribution in [0.3, 0.4) is 0 Å². The molecule has 0 radical (unpaired) electrons. The number of rotatable bonds is 4. The monoisotopic (exact) mass is 244 g/mol. The van der Waals surface area contributed by atoms with Crippen molar-refractivity contribution in [1.29, 1.82) is 0 Å². The third-order valence-corrected chi connectivity index (χ3v) is 2.57. The fraction of sp³-hybridized carbons (Fsp3) is 0.143. The highest BCUT2D eigenvalue weighted by molar-refractivity contribution is 5.64. The summed E-state index contributed by atoms with van der Waals surface area (Å²) in [6.07, 6.45) is 0. The van der Waals surface area contributed by atoms with Crippen LogP contribution >= 0.6 is 0 Å². The molecule has 4 nitrogen and oxygen atoms in total. The molecule has 0 aliphatic rings. The van der Waals surface area contributed by atoms with Crippen molar-refractivity contribution in [2.45, 2.75) is 6.92 Å². The summed E-state index contributed by atoms with van der Waals surface area (Å²) in [6, 6.07) is 15.5. The van der Waals surface area contributed by atoms with Gasteiger partial charge in [-0.05, 0) is 30.2 Å². The Labute approximate surface area is 106 Å². The van der Waals surface area contributed by atoms with E-state index in [1.54, 1.807) is 12.1 Å². The highest BCUT2D eigenvalue weighted by Gasteiger charge is 1.99. The first-order valence-electron chi connectivity index (χ1n) is 5.55. The van der Waals surface area contributed by atoms with Crippen molar-refractivity contribution >= 4 is 0 Å². The maximum Gasteiger partial charge on any atom is 0.149 e. The molecule has 0 aliphatic carbocycles. The molecule has 0 aromatic heterocycles. The van der Waals surface area contributed by atoms with Crippen LogP contribution in [-0.2, 0) is 4.84 Å². The van der Waals surface area contributed by atoms with Crippen molar-refractivity contribution < 1.29 is 9.68 Å². The quantitative estimate of drug-likeness (QED) is 0.774. The lowest BCUT2D eigenvalue weighted by molar-refractivity contribution is -0.265. The topological polar surface area (TPSA) is 44.8 Å². The smallest absolute Gasteiger partial charge is 0.149 e. The molecule has 0 heterocycles. The lowest BCUT2D eigenvalue weighted by Crippen LogP contribution is -2.18. The summed E-state index contributed by atoms with van der Waals surface area (Å²) >= 11 is 0. The predicted octanol–water partition coefficient (Wildman–Crippen LogP) is 3.32. The summed E-state index contributed by atoms with van der Waals surface area (Å²) in [5, 5.41) is 10.9. The molecule has 0 amide bonds. The van der Waals surface area contributed by atoms with Gasteiger partial charge in [-0.15, -0.1) is 0 Å². The second-order valence-corrected chi connectivity index (χ2v) is 3.89. The molecule has 0 saturated carbocycles. The second kappa shape index (κ2) is 5.64. The lowest BCUT2D eigenvalue weighted by atomic mass is 10.0. The maximum atomic E-state index is 10.8. The van der Waals surface area contributed by atoms with Crippen molar-refractivity contribution in [2.75, 3.05) is 7.11 Å². The molecule has 0 atom stereocenters. The van der Waals surface area contributed by atoms with Crippen molar-refractivity contribution in [2.24, 2.45) is 0 Å². The van der Waals surface area contributed by atoms with E-state index in [-0.39, 0.29) is 5.39 Å². The van der Waals surface area contributed by atoms with Gasteiger partial charge in [0.2, 0.25) is 0 Å². The second-order valence-electron chi connectivity index (χ2n) is 3.89. The normalized spacial score (nSPS) is 10.7. The van der Waals surface area contributed by atoms with Gasteiger partial charge in [0.05, 0.1) is 7.11 Å². The summed E-state index contributed by atoms with van der Waals surface area (Å²) in [4.78, 5) is 9.17. The molecule has 0 aliphatic heterocycles. The van der Waals surface area contributed by atoms with E-state index in [1.165, 1.54) is 12.7 Å². The van der Waals surface area contributed by atoms with Gasteiger partial charge in [0.25, 0.3) is 0 Å². The Hall–Kier alpha value is -1.88. The van der Waals surface area contributed by atoms with Crippen LogP contribution in [0.4, 0.5) is 0 Å². The minimum Gasteiger partial charge on any atom is -0.728 e. The molecule has 0 spiro atoms. The van der Waals surface area contributed by atoms with Gasteiger partial charge in [-0.3, -0.25) is 4.84 Å². The third kappa shape index (κ3) is 3.07. The van der Waals surface area contributed by atoms with Crippen LogP contribution in [0.5, 0.6) is 5.75 Å². The van der Waals surface area contributed by atoms with E-state index in [0.717, 1.165) is 11.1 Å². The molecule has 0 N–H and O–H groups in total. The molecule has 4 heteroatoms. The average Bonchev–Trinajstić information content (AvgIpc) is 2.40. The van der Waals surface area contributed by atoms with Crippen LogP contribution in [0.15, 0.2) is 48.5 Å². The van der Waals surface area contributed by atoms with E-state index in [9.17, 15) is 5.21 Å². The molecule has 18 heavy (non-hydrogen) atoms. The van der Waals surface area contributed by atoms with Gasteiger partial charge in [-0.2, -0.15) is 0 Å². The zero-order valence-electron chi connectivity index (χ0n) is 10.3. The van der Waals surface area contributed by atoms with Crippen LogP contribution in [0.2, 0.25) is 0 Å². The van der Waals surface area contributed by atoms with E-state index in [2.05, 4.69) is 29.1 Å². The van der Waals surface area contributed by atoms with Gasteiger partial charge in [0.1, 0.15) is 5.75 Å². The fourth-order valence-corrected chi connectivity index (χ4v) is 1.58. The van der Waals surface area contributed by atoms with E-state index in [0.29, 0.717) is 5.75 Å². The van der Waals surface area contributed by atoms with Crippen molar-refractivity contribution in [3.63, 3.8) is 0 Å². The summed E-state index contributed by atoms with van der Waals surface area (Å²) in [6.45, 7) is 2.05. The zero-order valence-corrected chi connectivity index (χ0v) is 10.3. The Morgan fingerprint density at radius 3 is 1.89 bits per heavy atom. The van der Waals surface area contributed by atoms with E-state index in [4.69, 9.17) is 4.84 Å². The molecule has 2 rings (SSSR count). The molecular formula is C14H14NO3-. The van der Waals surface area contributed by atoms with Gasteiger partial charge in [0, 0.05) is 0 Å². The minimum absolute atomic E-state index is 0.0564. The van der Waals surface area contributed by atoms with Crippen molar-refractivity contribution in [3.8, 4) is 16.9 Å². The van der Waals surface area contributed by atoms with Crippen molar-refractivity contribution in [3.05, 3.63) is 59.3 Å². The summed E-state index contributed by atoms with van der Waals surface area (Å²) in [5.74, 6) is 0.433. The van der Waals surface area contributed by atoms with Gasteiger partial charge in [0.15, 0.2) is 0 Å². The highest BCUT2D eigenvalue weighted by Crippen LogP contribution is 2.23. The van der Waals surface area contributed by atoms with Crippen molar-refractivity contribution in [1.82, 2.24) is 5.39 Å². The first-order chi connectivity index (χ1) is 8.69. The average molecular weight is 244 g/mol. The molecule has 0 fully saturated rings. The zero-order chi connectivity index (χ0) is 13.0.